The predicted molar refractivity (Wildman–Crippen MR) is 107 cm³/mol. The molecule has 3 nitrogen and oxygen atoms in total. The Labute approximate surface area is 156 Å². The van der Waals surface area contributed by atoms with Crippen LogP contribution in [0, 0.1) is 26.7 Å². The van der Waals surface area contributed by atoms with Crippen LogP contribution in [0.4, 0.5) is 5.69 Å². The lowest BCUT2D eigenvalue weighted by molar-refractivity contribution is -0.120. The minimum absolute atomic E-state index is 0.0864. The van der Waals surface area contributed by atoms with E-state index in [0.717, 1.165) is 37.7 Å². The fourth-order valence-corrected chi connectivity index (χ4v) is 3.92. The Morgan fingerprint density at radius 2 is 1.58 bits per heavy atom. The Morgan fingerprint density at radius 3 is 2.23 bits per heavy atom. The van der Waals surface area contributed by atoms with Crippen molar-refractivity contribution in [1.29, 1.82) is 0 Å². The number of aryl methyl sites for hydroxylation is 2. The third-order valence-electron chi connectivity index (χ3n) is 5.62. The molecule has 0 heterocycles. The molecule has 26 heavy (non-hydrogen) atoms. The van der Waals surface area contributed by atoms with E-state index < -0.39 is 0 Å². The molecule has 2 aromatic carbocycles. The van der Waals surface area contributed by atoms with Crippen LogP contribution < -0.4 is 5.32 Å². The summed E-state index contributed by atoms with van der Waals surface area (Å²) in [5.41, 5.74) is 6.81. The summed E-state index contributed by atoms with van der Waals surface area (Å²) in [5, 5.41) is 13.1. The van der Waals surface area contributed by atoms with Crippen LogP contribution in [-0.4, -0.2) is 11.0 Å². The summed E-state index contributed by atoms with van der Waals surface area (Å²) in [6.07, 6.45) is 6.18. The van der Waals surface area contributed by atoms with Gasteiger partial charge in [-0.3, -0.25) is 4.79 Å². The molecule has 0 unspecified atom stereocenters. The van der Waals surface area contributed by atoms with Gasteiger partial charge in [-0.25, -0.2) is 0 Å². The first-order valence-electron chi connectivity index (χ1n) is 9.63. The molecular weight excluding hydrogens is 322 g/mol. The quantitative estimate of drug-likeness (QED) is 0.772. The van der Waals surface area contributed by atoms with Gasteiger partial charge >= 0.3 is 0 Å². The van der Waals surface area contributed by atoms with Gasteiger partial charge in [0.1, 0.15) is 5.75 Å². The first kappa shape index (κ1) is 18.5. The van der Waals surface area contributed by atoms with Crippen LogP contribution in [0.2, 0.25) is 0 Å². The van der Waals surface area contributed by atoms with E-state index in [-0.39, 0.29) is 17.6 Å². The lowest BCUT2D eigenvalue weighted by Gasteiger charge is -2.21. The molecule has 2 aromatic rings. The largest absolute Gasteiger partial charge is 0.508 e. The first-order valence-corrected chi connectivity index (χ1v) is 9.63. The maximum Gasteiger partial charge on any atom is 0.227 e. The highest BCUT2D eigenvalue weighted by atomic mass is 16.3. The van der Waals surface area contributed by atoms with Gasteiger partial charge in [0.2, 0.25) is 5.91 Å². The van der Waals surface area contributed by atoms with Gasteiger partial charge in [0.15, 0.2) is 0 Å². The molecule has 0 bridgehead atoms. The molecular formula is C23H29NO2. The molecule has 3 heteroatoms. The second kappa shape index (κ2) is 7.94. The van der Waals surface area contributed by atoms with Crippen LogP contribution in [-0.2, 0) is 11.2 Å². The summed E-state index contributed by atoms with van der Waals surface area (Å²) in [7, 11) is 0. The van der Waals surface area contributed by atoms with Gasteiger partial charge in [-0.05, 0) is 80.0 Å². The van der Waals surface area contributed by atoms with Crippen molar-refractivity contribution in [3.8, 4) is 5.75 Å². The van der Waals surface area contributed by atoms with Gasteiger partial charge in [0.05, 0.1) is 0 Å². The van der Waals surface area contributed by atoms with Crippen LogP contribution in [0.1, 0.15) is 59.9 Å². The number of hydrogen-bond donors (Lipinski definition) is 2. The van der Waals surface area contributed by atoms with Crippen LogP contribution in [0.3, 0.4) is 0 Å². The number of benzene rings is 2. The number of nitrogens with one attached hydrogen (secondary N) is 1. The minimum atomic E-state index is 0.0864. The maximum atomic E-state index is 12.5. The molecule has 1 aliphatic rings. The third kappa shape index (κ3) is 4.46. The molecule has 0 spiro atoms. The Morgan fingerprint density at radius 1 is 0.962 bits per heavy atom. The van der Waals surface area contributed by atoms with Crippen molar-refractivity contribution >= 4 is 11.6 Å². The Balaban J connectivity index is 1.76. The molecule has 0 aromatic heterocycles. The molecule has 1 aliphatic carbocycles. The molecule has 3 rings (SSSR count). The van der Waals surface area contributed by atoms with Gasteiger partial charge < -0.3 is 10.4 Å². The van der Waals surface area contributed by atoms with Crippen molar-refractivity contribution in [1.82, 2.24) is 0 Å². The molecule has 2 N–H and O–H groups in total. The highest BCUT2D eigenvalue weighted by Gasteiger charge is 2.21. The van der Waals surface area contributed by atoms with Crippen molar-refractivity contribution in [3.05, 3.63) is 58.1 Å². The number of hydrogen-bond acceptors (Lipinski definition) is 2. The molecule has 138 valence electrons. The van der Waals surface area contributed by atoms with Gasteiger partial charge in [-0.2, -0.15) is 0 Å². The molecule has 0 atom stereocenters. The molecule has 1 fully saturated rings. The van der Waals surface area contributed by atoms with Crippen LogP contribution in [0.15, 0.2) is 30.3 Å². The first-order chi connectivity index (χ1) is 12.4. The van der Waals surface area contributed by atoms with E-state index >= 15 is 0 Å². The fraction of sp³-hybridized carbons (Fsp3) is 0.435. The van der Waals surface area contributed by atoms with Gasteiger partial charge in [0, 0.05) is 17.7 Å². The predicted octanol–water partition coefficient (Wildman–Crippen LogP) is 5.43. The summed E-state index contributed by atoms with van der Waals surface area (Å²) in [6.45, 7) is 6.40. The molecule has 0 aliphatic heterocycles. The number of carbonyl (C=O) groups excluding carboxylic acids is 1. The summed E-state index contributed by atoms with van der Waals surface area (Å²) in [6, 6.07) is 9.79. The fourth-order valence-electron chi connectivity index (χ4n) is 3.92. The zero-order valence-electron chi connectivity index (χ0n) is 16.1. The van der Waals surface area contributed by atoms with Crippen LogP contribution in [0.25, 0.3) is 0 Å². The number of carbonyl (C=O) groups is 1. The van der Waals surface area contributed by atoms with Crippen molar-refractivity contribution in [2.45, 2.75) is 59.3 Å². The lowest BCUT2D eigenvalue weighted by atomic mass is 9.88. The number of aromatic hydroxyl groups is 1. The number of anilines is 1. The van der Waals surface area contributed by atoms with Crippen LogP contribution >= 0.6 is 0 Å². The summed E-state index contributed by atoms with van der Waals surface area (Å²) in [5.74, 6) is 0.391. The highest BCUT2D eigenvalue weighted by Crippen LogP contribution is 2.27. The van der Waals surface area contributed by atoms with E-state index in [2.05, 4.69) is 38.2 Å². The highest BCUT2D eigenvalue weighted by molar-refractivity contribution is 5.92. The Hall–Kier alpha value is -2.29. The molecule has 0 radical (unpaired) electrons. The smallest absolute Gasteiger partial charge is 0.227 e. The van der Waals surface area contributed by atoms with Gasteiger partial charge in [-0.15, -0.1) is 0 Å². The normalized spacial score (nSPS) is 15.0. The zero-order valence-corrected chi connectivity index (χ0v) is 16.1. The molecule has 1 amide bonds. The topological polar surface area (TPSA) is 49.3 Å². The van der Waals surface area contributed by atoms with Gasteiger partial charge in [0.25, 0.3) is 0 Å². The maximum absolute atomic E-state index is 12.5. The van der Waals surface area contributed by atoms with Crippen molar-refractivity contribution in [3.63, 3.8) is 0 Å². The average molecular weight is 351 g/mol. The van der Waals surface area contributed by atoms with E-state index in [1.165, 1.54) is 28.7 Å². The monoisotopic (exact) mass is 351 g/mol. The molecule has 0 saturated heterocycles. The van der Waals surface area contributed by atoms with E-state index in [0.29, 0.717) is 5.69 Å². The third-order valence-corrected chi connectivity index (χ3v) is 5.62. The van der Waals surface area contributed by atoms with E-state index in [9.17, 15) is 9.90 Å². The molecule has 1 saturated carbocycles. The van der Waals surface area contributed by atoms with E-state index in [4.69, 9.17) is 0 Å². The summed E-state index contributed by atoms with van der Waals surface area (Å²) >= 11 is 0. The van der Waals surface area contributed by atoms with Gasteiger partial charge in [-0.1, -0.05) is 31.4 Å². The summed E-state index contributed by atoms with van der Waals surface area (Å²) < 4.78 is 0. The van der Waals surface area contributed by atoms with Crippen molar-refractivity contribution in [2.24, 2.45) is 5.92 Å². The van der Waals surface area contributed by atoms with Crippen molar-refractivity contribution < 1.29 is 9.90 Å². The number of phenolic OH excluding ortho intramolecular Hbond substituents is 1. The second-order valence-corrected chi connectivity index (χ2v) is 7.74. The number of amides is 1. The number of rotatable bonds is 4. The average Bonchev–Trinajstić information content (AvgIpc) is 2.60. The number of phenols is 1. The Bertz CT molecular complexity index is 781. The second-order valence-electron chi connectivity index (χ2n) is 7.74. The standard InChI is InChI=1S/C23H29NO2/c1-15-9-18(10-16(2)17(15)3)11-19-12-21(14-22(25)13-19)24-23(26)20-7-5-4-6-8-20/h9-10,12-14,20,25H,4-8,11H2,1-3H3,(H,24,26). The lowest BCUT2D eigenvalue weighted by Crippen LogP contribution is -2.24. The van der Waals surface area contributed by atoms with E-state index in [1.807, 2.05) is 6.07 Å². The summed E-state index contributed by atoms with van der Waals surface area (Å²) in [4.78, 5) is 12.5. The van der Waals surface area contributed by atoms with Crippen molar-refractivity contribution in [2.75, 3.05) is 5.32 Å². The zero-order chi connectivity index (χ0) is 18.7. The minimum Gasteiger partial charge on any atom is -0.508 e. The Kier molecular flexibility index (Phi) is 5.65. The van der Waals surface area contributed by atoms with E-state index in [1.54, 1.807) is 12.1 Å². The SMILES string of the molecule is Cc1cc(Cc2cc(O)cc(NC(=O)C3CCCCC3)c2)cc(C)c1C. The van der Waals surface area contributed by atoms with Crippen LogP contribution in [0.5, 0.6) is 5.75 Å².